The summed E-state index contributed by atoms with van der Waals surface area (Å²) in [4.78, 5) is 25.5. The van der Waals surface area contributed by atoms with Crippen LogP contribution in [0.4, 0.5) is 5.69 Å². The summed E-state index contributed by atoms with van der Waals surface area (Å²) in [5, 5.41) is 3.05. The highest BCUT2D eigenvalue weighted by molar-refractivity contribution is 6.21. The smallest absolute Gasteiger partial charge is 0.237 e. The molecule has 1 heterocycles. The van der Waals surface area contributed by atoms with Crippen LogP contribution < -0.4 is 10.2 Å². The number of carbonyl (C=O) groups excluding carboxylic acids is 2. The van der Waals surface area contributed by atoms with Crippen LogP contribution in [0.15, 0.2) is 24.3 Å². The molecule has 1 aromatic rings. The van der Waals surface area contributed by atoms with Gasteiger partial charge in [-0.2, -0.15) is 0 Å². The second-order valence-electron chi connectivity index (χ2n) is 4.79. The first-order chi connectivity index (χ1) is 8.56. The topological polar surface area (TPSA) is 49.4 Å². The maximum Gasteiger partial charge on any atom is 0.237 e. The number of nitrogens with zero attached hydrogens (tertiary/aromatic N) is 1. The lowest BCUT2D eigenvalue weighted by atomic mass is 10.00. The van der Waals surface area contributed by atoms with E-state index in [4.69, 9.17) is 0 Å². The SMILES string of the molecule is CNCc1cccc(N2C(=O)C(C)C(C)C2=O)c1. The molecule has 1 aromatic carbocycles. The lowest BCUT2D eigenvalue weighted by Crippen LogP contribution is -2.30. The van der Waals surface area contributed by atoms with E-state index in [0.717, 1.165) is 12.1 Å². The first-order valence-corrected chi connectivity index (χ1v) is 6.17. The minimum atomic E-state index is -0.231. The van der Waals surface area contributed by atoms with Gasteiger partial charge in [-0.15, -0.1) is 0 Å². The fourth-order valence-corrected chi connectivity index (χ4v) is 2.21. The van der Waals surface area contributed by atoms with Crippen molar-refractivity contribution >= 4 is 17.5 Å². The predicted molar refractivity (Wildman–Crippen MR) is 70.0 cm³/mol. The Morgan fingerprint density at radius 3 is 2.33 bits per heavy atom. The molecule has 2 atom stereocenters. The Labute approximate surface area is 107 Å². The largest absolute Gasteiger partial charge is 0.316 e. The molecule has 1 aliphatic rings. The molecule has 0 aliphatic carbocycles. The number of imide groups is 1. The molecule has 1 saturated heterocycles. The van der Waals surface area contributed by atoms with E-state index in [9.17, 15) is 9.59 Å². The molecule has 18 heavy (non-hydrogen) atoms. The van der Waals surface area contributed by atoms with Crippen molar-refractivity contribution < 1.29 is 9.59 Å². The Balaban J connectivity index is 2.34. The van der Waals surface area contributed by atoms with Crippen LogP contribution >= 0.6 is 0 Å². The lowest BCUT2D eigenvalue weighted by molar-refractivity contribution is -0.122. The van der Waals surface area contributed by atoms with Crippen LogP contribution in [-0.4, -0.2) is 18.9 Å². The first-order valence-electron chi connectivity index (χ1n) is 6.17. The van der Waals surface area contributed by atoms with Crippen molar-refractivity contribution in [3.05, 3.63) is 29.8 Å². The average molecular weight is 246 g/mol. The fraction of sp³-hybridized carbons (Fsp3) is 0.429. The van der Waals surface area contributed by atoms with Gasteiger partial charge in [-0.05, 0) is 24.7 Å². The highest BCUT2D eigenvalue weighted by atomic mass is 16.2. The second-order valence-corrected chi connectivity index (χ2v) is 4.79. The molecular weight excluding hydrogens is 228 g/mol. The zero-order valence-electron chi connectivity index (χ0n) is 10.9. The highest BCUT2D eigenvalue weighted by Gasteiger charge is 2.42. The van der Waals surface area contributed by atoms with Crippen LogP contribution in [0.2, 0.25) is 0 Å². The summed E-state index contributed by atoms with van der Waals surface area (Å²) in [6.45, 7) is 4.33. The molecule has 0 radical (unpaired) electrons. The molecule has 4 heteroatoms. The summed E-state index contributed by atoms with van der Waals surface area (Å²) < 4.78 is 0. The van der Waals surface area contributed by atoms with Gasteiger partial charge >= 0.3 is 0 Å². The van der Waals surface area contributed by atoms with Gasteiger partial charge in [0.15, 0.2) is 0 Å². The molecule has 0 spiro atoms. The Morgan fingerprint density at radius 2 is 1.78 bits per heavy atom. The Kier molecular flexibility index (Phi) is 3.48. The molecule has 0 bridgehead atoms. The average Bonchev–Trinajstić information content (AvgIpc) is 2.55. The normalized spacial score (nSPS) is 23.8. The van der Waals surface area contributed by atoms with Crippen molar-refractivity contribution in [3.8, 4) is 0 Å². The second kappa shape index (κ2) is 4.90. The minimum Gasteiger partial charge on any atom is -0.316 e. The number of rotatable bonds is 3. The van der Waals surface area contributed by atoms with E-state index in [1.54, 1.807) is 6.07 Å². The Morgan fingerprint density at radius 1 is 1.17 bits per heavy atom. The number of anilines is 1. The molecule has 1 aliphatic heterocycles. The maximum absolute atomic E-state index is 12.1. The number of amides is 2. The van der Waals surface area contributed by atoms with Crippen molar-refractivity contribution in [2.24, 2.45) is 11.8 Å². The van der Waals surface area contributed by atoms with Gasteiger partial charge in [0, 0.05) is 18.4 Å². The van der Waals surface area contributed by atoms with Gasteiger partial charge in [0.2, 0.25) is 11.8 Å². The van der Waals surface area contributed by atoms with E-state index in [1.807, 2.05) is 39.1 Å². The zero-order chi connectivity index (χ0) is 13.3. The van der Waals surface area contributed by atoms with Gasteiger partial charge in [-0.3, -0.25) is 14.5 Å². The summed E-state index contributed by atoms with van der Waals surface area (Å²) in [6.07, 6.45) is 0. The molecule has 2 rings (SSSR count). The van der Waals surface area contributed by atoms with Crippen molar-refractivity contribution in [3.63, 3.8) is 0 Å². The summed E-state index contributed by atoms with van der Waals surface area (Å²) in [6, 6.07) is 7.53. The van der Waals surface area contributed by atoms with Crippen LogP contribution in [0.1, 0.15) is 19.4 Å². The third-order valence-corrected chi connectivity index (χ3v) is 3.52. The minimum absolute atomic E-state index is 0.103. The van der Waals surface area contributed by atoms with E-state index in [-0.39, 0.29) is 23.7 Å². The van der Waals surface area contributed by atoms with E-state index in [2.05, 4.69) is 5.32 Å². The van der Waals surface area contributed by atoms with Crippen LogP contribution in [-0.2, 0) is 16.1 Å². The van der Waals surface area contributed by atoms with Gasteiger partial charge < -0.3 is 5.32 Å². The maximum atomic E-state index is 12.1. The van der Waals surface area contributed by atoms with Crippen LogP contribution in [0.5, 0.6) is 0 Å². The molecule has 2 amide bonds. The molecule has 1 N–H and O–H groups in total. The molecule has 1 fully saturated rings. The third kappa shape index (κ3) is 2.04. The van der Waals surface area contributed by atoms with Gasteiger partial charge in [0.25, 0.3) is 0 Å². The summed E-state index contributed by atoms with van der Waals surface area (Å²) in [7, 11) is 1.86. The van der Waals surface area contributed by atoms with Gasteiger partial charge in [0.05, 0.1) is 5.69 Å². The highest BCUT2D eigenvalue weighted by Crippen LogP contribution is 2.30. The van der Waals surface area contributed by atoms with Crippen molar-refractivity contribution in [1.29, 1.82) is 0 Å². The van der Waals surface area contributed by atoms with Crippen LogP contribution in [0, 0.1) is 11.8 Å². The quantitative estimate of drug-likeness (QED) is 0.823. The Bertz CT molecular complexity index is 464. The molecular formula is C14H18N2O2. The number of nitrogens with one attached hydrogen (secondary N) is 1. The van der Waals surface area contributed by atoms with Gasteiger partial charge in [-0.1, -0.05) is 26.0 Å². The summed E-state index contributed by atoms with van der Waals surface area (Å²) in [5.74, 6) is -0.667. The molecule has 2 unspecified atom stereocenters. The molecule has 96 valence electrons. The van der Waals surface area contributed by atoms with Crippen molar-refractivity contribution in [1.82, 2.24) is 5.32 Å². The fourth-order valence-electron chi connectivity index (χ4n) is 2.21. The Hall–Kier alpha value is -1.68. The lowest BCUT2D eigenvalue weighted by Gasteiger charge is -2.15. The van der Waals surface area contributed by atoms with Crippen LogP contribution in [0.3, 0.4) is 0 Å². The zero-order valence-corrected chi connectivity index (χ0v) is 10.9. The van der Waals surface area contributed by atoms with Gasteiger partial charge in [-0.25, -0.2) is 0 Å². The molecule has 0 aromatic heterocycles. The van der Waals surface area contributed by atoms with Crippen molar-refractivity contribution in [2.45, 2.75) is 20.4 Å². The first kappa shape index (κ1) is 12.8. The third-order valence-electron chi connectivity index (χ3n) is 3.52. The van der Waals surface area contributed by atoms with E-state index < -0.39 is 0 Å². The number of hydrogen-bond donors (Lipinski definition) is 1. The number of benzene rings is 1. The van der Waals surface area contributed by atoms with E-state index in [0.29, 0.717) is 5.69 Å². The predicted octanol–water partition coefficient (Wildman–Crippen LogP) is 1.55. The standard InChI is InChI=1S/C14H18N2O2/c1-9-10(2)14(18)16(13(9)17)12-6-4-5-11(7-12)8-15-3/h4-7,9-10,15H,8H2,1-3H3. The van der Waals surface area contributed by atoms with Gasteiger partial charge in [0.1, 0.15) is 0 Å². The molecule has 4 nitrogen and oxygen atoms in total. The summed E-state index contributed by atoms with van der Waals surface area (Å²) in [5.41, 5.74) is 1.73. The summed E-state index contributed by atoms with van der Waals surface area (Å²) >= 11 is 0. The molecule has 0 saturated carbocycles. The number of carbonyl (C=O) groups is 2. The van der Waals surface area contributed by atoms with E-state index in [1.165, 1.54) is 4.90 Å². The van der Waals surface area contributed by atoms with Crippen LogP contribution in [0.25, 0.3) is 0 Å². The van der Waals surface area contributed by atoms with Crippen molar-refractivity contribution in [2.75, 3.05) is 11.9 Å². The number of hydrogen-bond acceptors (Lipinski definition) is 3. The monoisotopic (exact) mass is 246 g/mol. The van der Waals surface area contributed by atoms with E-state index >= 15 is 0 Å².